The second-order valence-electron chi connectivity index (χ2n) is 5.40. The summed E-state index contributed by atoms with van der Waals surface area (Å²) in [6.45, 7) is 4.05. The molecule has 4 atom stereocenters. The van der Waals surface area contributed by atoms with Crippen molar-refractivity contribution in [2.45, 2.75) is 44.2 Å². The van der Waals surface area contributed by atoms with Crippen LogP contribution < -0.4 is 10.3 Å². The Bertz CT molecular complexity index is 584. The molecule has 2 saturated heterocycles. The molecular weight excluding hydrogens is 252 g/mol. The van der Waals surface area contributed by atoms with Gasteiger partial charge in [-0.3, -0.25) is 9.36 Å². The van der Waals surface area contributed by atoms with Gasteiger partial charge in [-0.25, -0.2) is 0 Å². The first-order valence-corrected chi connectivity index (χ1v) is 6.27. The van der Waals surface area contributed by atoms with Crippen LogP contribution in [0.3, 0.4) is 0 Å². The van der Waals surface area contributed by atoms with Gasteiger partial charge in [0.1, 0.15) is 24.9 Å². The zero-order valence-corrected chi connectivity index (χ0v) is 10.6. The first-order valence-electron chi connectivity index (χ1n) is 6.27. The average Bonchev–Trinajstić information content (AvgIpc) is 2.73. The lowest BCUT2D eigenvalue weighted by Crippen LogP contribution is -2.35. The molecule has 102 valence electrons. The maximum absolute atomic E-state index is 11.3. The van der Waals surface area contributed by atoms with E-state index in [9.17, 15) is 4.79 Å². The van der Waals surface area contributed by atoms with Gasteiger partial charge in [0.25, 0.3) is 5.56 Å². The summed E-state index contributed by atoms with van der Waals surface area (Å²) in [5, 5.41) is 0. The highest BCUT2D eigenvalue weighted by Gasteiger charge is 2.57. The van der Waals surface area contributed by atoms with Gasteiger partial charge in [-0.1, -0.05) is 0 Å². The van der Waals surface area contributed by atoms with Gasteiger partial charge in [0.05, 0.1) is 0 Å². The van der Waals surface area contributed by atoms with Gasteiger partial charge >= 0.3 is 6.01 Å². The number of hydrogen-bond donors (Lipinski definition) is 0. The van der Waals surface area contributed by atoms with E-state index in [1.165, 1.54) is 6.07 Å². The zero-order chi connectivity index (χ0) is 13.2. The lowest BCUT2D eigenvalue weighted by Gasteiger charge is -2.23. The minimum Gasteiger partial charge on any atom is -0.462 e. The highest BCUT2D eigenvalue weighted by Crippen LogP contribution is 2.45. The predicted molar refractivity (Wildman–Crippen MR) is 61.7 cm³/mol. The van der Waals surface area contributed by atoms with Crippen LogP contribution in [0, 0.1) is 0 Å². The molecule has 7 heteroatoms. The van der Waals surface area contributed by atoms with Gasteiger partial charge in [-0.2, -0.15) is 4.98 Å². The SMILES string of the molecule is CC1(C)O[C@H]2[C@H](O1)[C@@H]1O[C@@H]2COc2nc(=O)ccn21. The second-order valence-corrected chi connectivity index (χ2v) is 5.40. The lowest BCUT2D eigenvalue weighted by atomic mass is 10.1. The lowest BCUT2D eigenvalue weighted by molar-refractivity contribution is -0.195. The highest BCUT2D eigenvalue weighted by molar-refractivity contribution is 5.08. The third kappa shape index (κ3) is 1.62. The Morgan fingerprint density at radius 2 is 2.16 bits per heavy atom. The monoisotopic (exact) mass is 266 g/mol. The van der Waals surface area contributed by atoms with E-state index in [-0.39, 0.29) is 36.1 Å². The Morgan fingerprint density at radius 1 is 1.37 bits per heavy atom. The van der Waals surface area contributed by atoms with Gasteiger partial charge < -0.3 is 18.9 Å². The van der Waals surface area contributed by atoms with E-state index < -0.39 is 5.79 Å². The van der Waals surface area contributed by atoms with Crippen LogP contribution in [0.15, 0.2) is 17.1 Å². The largest absolute Gasteiger partial charge is 0.462 e. The summed E-state index contributed by atoms with van der Waals surface area (Å²) in [7, 11) is 0. The maximum atomic E-state index is 11.3. The first-order chi connectivity index (χ1) is 9.03. The summed E-state index contributed by atoms with van der Waals surface area (Å²) in [5.41, 5.74) is -0.329. The van der Waals surface area contributed by atoms with Crippen molar-refractivity contribution in [3.63, 3.8) is 0 Å². The fourth-order valence-corrected chi connectivity index (χ4v) is 2.87. The van der Waals surface area contributed by atoms with E-state index in [1.807, 2.05) is 13.8 Å². The van der Waals surface area contributed by atoms with E-state index in [1.54, 1.807) is 10.8 Å². The molecule has 0 radical (unpaired) electrons. The van der Waals surface area contributed by atoms with E-state index in [2.05, 4.69) is 4.98 Å². The van der Waals surface area contributed by atoms with Gasteiger partial charge in [-0.05, 0) is 13.8 Å². The van der Waals surface area contributed by atoms with E-state index >= 15 is 0 Å². The molecule has 3 aliphatic heterocycles. The van der Waals surface area contributed by atoms with Crippen molar-refractivity contribution in [2.75, 3.05) is 6.61 Å². The fraction of sp³-hybridized carbons (Fsp3) is 0.667. The van der Waals surface area contributed by atoms with E-state index in [0.29, 0.717) is 6.61 Å². The Morgan fingerprint density at radius 3 is 3.00 bits per heavy atom. The Balaban J connectivity index is 1.79. The molecule has 0 aromatic carbocycles. The summed E-state index contributed by atoms with van der Waals surface area (Å²) >= 11 is 0. The van der Waals surface area contributed by atoms with Crippen LogP contribution in [0.25, 0.3) is 0 Å². The van der Waals surface area contributed by atoms with Crippen LogP contribution in [0.1, 0.15) is 20.1 Å². The molecule has 0 spiro atoms. The van der Waals surface area contributed by atoms with Gasteiger partial charge in [0.2, 0.25) is 0 Å². The molecule has 1 aromatic heterocycles. The molecule has 0 amide bonds. The van der Waals surface area contributed by atoms with Crippen molar-refractivity contribution in [1.29, 1.82) is 0 Å². The number of nitrogens with zero attached hydrogens (tertiary/aromatic N) is 2. The number of fused-ring (bicyclic) bond motifs is 7. The Hall–Kier alpha value is -1.44. The van der Waals surface area contributed by atoms with Crippen molar-refractivity contribution in [2.24, 2.45) is 0 Å². The molecule has 4 heterocycles. The van der Waals surface area contributed by atoms with Crippen LogP contribution in [0.5, 0.6) is 6.01 Å². The molecule has 1 aromatic rings. The van der Waals surface area contributed by atoms with Crippen LogP contribution >= 0.6 is 0 Å². The molecule has 0 saturated carbocycles. The molecule has 19 heavy (non-hydrogen) atoms. The average molecular weight is 266 g/mol. The molecule has 0 unspecified atom stereocenters. The third-order valence-corrected chi connectivity index (χ3v) is 3.58. The van der Waals surface area contributed by atoms with Crippen LogP contribution in [-0.2, 0) is 14.2 Å². The topological polar surface area (TPSA) is 71.8 Å². The smallest absolute Gasteiger partial charge is 0.302 e. The molecule has 7 nitrogen and oxygen atoms in total. The van der Waals surface area contributed by atoms with Crippen molar-refractivity contribution < 1.29 is 18.9 Å². The summed E-state index contributed by atoms with van der Waals surface area (Å²) in [6, 6.07) is 1.65. The number of ether oxygens (including phenoxy) is 4. The van der Waals surface area contributed by atoms with Crippen LogP contribution in [0.4, 0.5) is 0 Å². The van der Waals surface area contributed by atoms with Crippen molar-refractivity contribution >= 4 is 0 Å². The Kier molecular flexibility index (Phi) is 2.13. The van der Waals surface area contributed by atoms with Crippen LogP contribution in [-0.4, -0.2) is 40.3 Å². The minimum absolute atomic E-state index is 0.160. The number of rotatable bonds is 0. The van der Waals surface area contributed by atoms with E-state index in [4.69, 9.17) is 18.9 Å². The Labute approximate surface area is 109 Å². The second kappa shape index (κ2) is 3.56. The first kappa shape index (κ1) is 11.4. The van der Waals surface area contributed by atoms with Crippen molar-refractivity contribution in [1.82, 2.24) is 9.55 Å². The minimum atomic E-state index is -0.632. The third-order valence-electron chi connectivity index (χ3n) is 3.58. The van der Waals surface area contributed by atoms with Crippen molar-refractivity contribution in [3.8, 4) is 6.01 Å². The van der Waals surface area contributed by atoms with Crippen molar-refractivity contribution in [3.05, 3.63) is 22.6 Å². The van der Waals surface area contributed by atoms with Crippen LogP contribution in [0.2, 0.25) is 0 Å². The molecule has 0 aliphatic carbocycles. The summed E-state index contributed by atoms with van der Waals surface area (Å²) in [5.74, 6) is -0.632. The molecule has 2 bridgehead atoms. The molecular formula is C12H14N2O5. The van der Waals surface area contributed by atoms with Gasteiger partial charge in [-0.15, -0.1) is 0 Å². The molecule has 4 rings (SSSR count). The standard InChI is InChI=1S/C12H14N2O5/c1-12(2)18-8-6-5-16-11-13-7(15)3-4-14(11)10(17-6)9(8)19-12/h3-4,6,8-10H,5H2,1-2H3/t6-,8-,9+,10+/m1/s1. The maximum Gasteiger partial charge on any atom is 0.302 e. The van der Waals surface area contributed by atoms with Gasteiger partial charge in [0.15, 0.2) is 12.0 Å². The molecule has 0 N–H and O–H groups in total. The summed E-state index contributed by atoms with van der Waals surface area (Å²) in [6.07, 6.45) is 0.657. The van der Waals surface area contributed by atoms with E-state index in [0.717, 1.165) is 0 Å². The normalized spacial score (nSPS) is 38.2. The fourth-order valence-electron chi connectivity index (χ4n) is 2.87. The molecule has 3 aliphatic rings. The predicted octanol–water partition coefficient (Wildman–Crippen LogP) is 0.0532. The number of aromatic nitrogens is 2. The van der Waals surface area contributed by atoms with Gasteiger partial charge in [0, 0.05) is 12.3 Å². The highest BCUT2D eigenvalue weighted by atomic mass is 16.8. The quantitative estimate of drug-likeness (QED) is 0.661. The zero-order valence-electron chi connectivity index (χ0n) is 10.6. The molecule has 2 fully saturated rings. The summed E-state index contributed by atoms with van der Waals surface area (Å²) in [4.78, 5) is 15.1. The number of hydrogen-bond acceptors (Lipinski definition) is 6. The summed E-state index contributed by atoms with van der Waals surface area (Å²) < 4.78 is 24.9.